The highest BCUT2D eigenvalue weighted by molar-refractivity contribution is 4.57. The van der Waals surface area contributed by atoms with E-state index in [0.717, 1.165) is 18.4 Å². The van der Waals surface area contributed by atoms with Crippen molar-refractivity contribution in [3.05, 3.63) is 0 Å². The summed E-state index contributed by atoms with van der Waals surface area (Å²) in [5.41, 5.74) is 0. The smallest absolute Gasteiger partial charge is 0.00546 e. The highest BCUT2D eigenvalue weighted by Crippen LogP contribution is 2.17. The molecule has 1 heteroatoms. The lowest BCUT2D eigenvalue weighted by atomic mass is 9.91. The fraction of sp³-hybridized carbons (Fsp3) is 1.00. The number of hydrogen-bond acceptors (Lipinski definition) is 1. The molecule has 0 fully saturated rings. The van der Waals surface area contributed by atoms with Gasteiger partial charge >= 0.3 is 0 Å². The van der Waals surface area contributed by atoms with Gasteiger partial charge in [-0.05, 0) is 31.8 Å². The molecule has 1 N–H and O–H groups in total. The van der Waals surface area contributed by atoms with E-state index in [9.17, 15) is 0 Å². The van der Waals surface area contributed by atoms with Crippen molar-refractivity contribution < 1.29 is 0 Å². The lowest BCUT2D eigenvalue weighted by Gasteiger charge is -2.15. The molecule has 0 atom stereocenters. The van der Waals surface area contributed by atoms with Crippen LogP contribution in [0.3, 0.4) is 0 Å². The van der Waals surface area contributed by atoms with E-state index in [1.807, 2.05) is 7.05 Å². The van der Waals surface area contributed by atoms with Crippen LogP contribution in [-0.2, 0) is 0 Å². The highest BCUT2D eigenvalue weighted by atomic mass is 14.8. The van der Waals surface area contributed by atoms with Gasteiger partial charge in [-0.2, -0.15) is 0 Å². The lowest BCUT2D eigenvalue weighted by molar-refractivity contribution is 0.362. The molecule has 0 spiro atoms. The van der Waals surface area contributed by atoms with E-state index in [1.165, 1.54) is 19.3 Å². The van der Waals surface area contributed by atoms with E-state index in [2.05, 4.69) is 39.9 Å². The van der Waals surface area contributed by atoms with Crippen LogP contribution in [0.5, 0.6) is 0 Å². The maximum Gasteiger partial charge on any atom is -0.00546 e. The van der Waals surface area contributed by atoms with Gasteiger partial charge in [0.25, 0.3) is 0 Å². The Balaban J connectivity index is 0. The van der Waals surface area contributed by atoms with Gasteiger partial charge in [0.05, 0.1) is 0 Å². The third-order valence-electron chi connectivity index (χ3n) is 2.49. The summed E-state index contributed by atoms with van der Waals surface area (Å²) in [6.07, 6.45) is 3.92. The molecule has 0 rings (SSSR count). The van der Waals surface area contributed by atoms with Crippen molar-refractivity contribution in [3.63, 3.8) is 0 Å². The van der Waals surface area contributed by atoms with Gasteiger partial charge in [0.15, 0.2) is 0 Å². The first kappa shape index (κ1) is 15.4. The fourth-order valence-corrected chi connectivity index (χ4v) is 1.48. The predicted octanol–water partition coefficient (Wildman–Crippen LogP) is 3.69. The maximum absolute atomic E-state index is 3.02. The van der Waals surface area contributed by atoms with Gasteiger partial charge < -0.3 is 5.32 Å². The molecule has 0 aromatic heterocycles. The summed E-state index contributed by atoms with van der Waals surface area (Å²) >= 11 is 0. The summed E-state index contributed by atoms with van der Waals surface area (Å²) in [5, 5.41) is 3.02. The minimum absolute atomic E-state index is 0.880. The van der Waals surface area contributed by atoms with Crippen LogP contribution in [0.1, 0.15) is 53.9 Å². The van der Waals surface area contributed by atoms with Gasteiger partial charge in [-0.3, -0.25) is 0 Å². The molecule has 0 aliphatic carbocycles. The van der Waals surface area contributed by atoms with Gasteiger partial charge in [-0.1, -0.05) is 47.5 Å². The highest BCUT2D eigenvalue weighted by Gasteiger charge is 2.06. The Labute approximate surface area is 85.3 Å². The third-order valence-corrected chi connectivity index (χ3v) is 2.49. The number of hydrogen-bond donors (Lipinski definition) is 1. The molecule has 0 aliphatic rings. The Morgan fingerprint density at radius 2 is 1.46 bits per heavy atom. The molecule has 1 nitrogen and oxygen atoms in total. The van der Waals surface area contributed by atoms with Gasteiger partial charge in [-0.15, -0.1) is 0 Å². The average Bonchev–Trinajstić information content (AvgIpc) is 2.08. The van der Waals surface area contributed by atoms with Crippen molar-refractivity contribution in [1.82, 2.24) is 5.32 Å². The van der Waals surface area contributed by atoms with Gasteiger partial charge in [0.2, 0.25) is 0 Å². The molecular formula is C12H29N. The van der Waals surface area contributed by atoms with Crippen LogP contribution < -0.4 is 5.32 Å². The molecule has 0 saturated carbocycles. The first-order valence-electron chi connectivity index (χ1n) is 5.78. The van der Waals surface area contributed by atoms with E-state index in [4.69, 9.17) is 0 Å². The fourth-order valence-electron chi connectivity index (χ4n) is 1.48. The molecule has 0 aliphatic heterocycles. The van der Waals surface area contributed by atoms with Crippen LogP contribution in [0.25, 0.3) is 0 Å². The Hall–Kier alpha value is -0.0400. The van der Waals surface area contributed by atoms with Gasteiger partial charge in [0.1, 0.15) is 0 Å². The second-order valence-corrected chi connectivity index (χ2v) is 3.92. The van der Waals surface area contributed by atoms with Gasteiger partial charge in [0, 0.05) is 0 Å². The van der Waals surface area contributed by atoms with E-state index in [0.29, 0.717) is 0 Å². The zero-order valence-electron chi connectivity index (χ0n) is 10.5. The van der Waals surface area contributed by atoms with Crippen molar-refractivity contribution in [2.45, 2.75) is 53.9 Å². The standard InChI is InChI=1S/C8H18.C4H11N/c1-5-8(6-2)7(3)4;1-3-4-5-2/h7-8H,5-6H2,1-4H3;5H,3-4H2,1-2H3. The summed E-state index contributed by atoms with van der Waals surface area (Å²) < 4.78 is 0. The van der Waals surface area contributed by atoms with Crippen LogP contribution in [0, 0.1) is 11.8 Å². The maximum atomic E-state index is 3.02. The second kappa shape index (κ2) is 12.0. The zero-order chi connectivity index (χ0) is 10.7. The topological polar surface area (TPSA) is 12.0 Å². The molecule has 0 aromatic carbocycles. The largest absolute Gasteiger partial charge is 0.320 e. The Morgan fingerprint density at radius 1 is 1.00 bits per heavy atom. The van der Waals surface area contributed by atoms with E-state index < -0.39 is 0 Å². The van der Waals surface area contributed by atoms with Crippen molar-refractivity contribution in [1.29, 1.82) is 0 Å². The molecule has 0 bridgehead atoms. The summed E-state index contributed by atoms with van der Waals surface area (Å²) in [6, 6.07) is 0. The van der Waals surface area contributed by atoms with Crippen molar-refractivity contribution in [3.8, 4) is 0 Å². The zero-order valence-corrected chi connectivity index (χ0v) is 10.5. The van der Waals surface area contributed by atoms with Crippen LogP contribution >= 0.6 is 0 Å². The molecule has 0 amide bonds. The van der Waals surface area contributed by atoms with Gasteiger partial charge in [-0.25, -0.2) is 0 Å². The van der Waals surface area contributed by atoms with E-state index >= 15 is 0 Å². The van der Waals surface area contributed by atoms with Crippen molar-refractivity contribution in [2.24, 2.45) is 11.8 Å². The van der Waals surface area contributed by atoms with Crippen molar-refractivity contribution >= 4 is 0 Å². The third kappa shape index (κ3) is 12.0. The monoisotopic (exact) mass is 187 g/mol. The van der Waals surface area contributed by atoms with Crippen LogP contribution in [0.4, 0.5) is 0 Å². The molecule has 0 heterocycles. The Morgan fingerprint density at radius 3 is 1.46 bits per heavy atom. The number of nitrogens with one attached hydrogen (secondary N) is 1. The normalized spacial score (nSPS) is 10.2. The molecule has 0 aromatic rings. The van der Waals surface area contributed by atoms with Crippen LogP contribution in [-0.4, -0.2) is 13.6 Å². The predicted molar refractivity (Wildman–Crippen MR) is 63.1 cm³/mol. The molecule has 13 heavy (non-hydrogen) atoms. The second-order valence-electron chi connectivity index (χ2n) is 3.92. The van der Waals surface area contributed by atoms with Crippen molar-refractivity contribution in [2.75, 3.05) is 13.6 Å². The Kier molecular flexibility index (Phi) is 14.2. The lowest BCUT2D eigenvalue weighted by Crippen LogP contribution is -2.04. The average molecular weight is 187 g/mol. The van der Waals surface area contributed by atoms with E-state index in [-0.39, 0.29) is 0 Å². The SMILES string of the molecule is CCC(CC)C(C)C.CCCNC. The number of rotatable bonds is 5. The first-order chi connectivity index (χ1) is 6.13. The molecule has 82 valence electrons. The Bertz CT molecular complexity index is 73.2. The molecule has 0 unspecified atom stereocenters. The van der Waals surface area contributed by atoms with Crippen LogP contribution in [0.15, 0.2) is 0 Å². The minimum atomic E-state index is 0.880. The quantitative estimate of drug-likeness (QED) is 0.692. The minimum Gasteiger partial charge on any atom is -0.320 e. The summed E-state index contributed by atoms with van der Waals surface area (Å²) in [7, 11) is 1.96. The molecular weight excluding hydrogens is 158 g/mol. The van der Waals surface area contributed by atoms with E-state index in [1.54, 1.807) is 0 Å². The molecule has 0 radical (unpaired) electrons. The first-order valence-corrected chi connectivity index (χ1v) is 5.78. The van der Waals surface area contributed by atoms with Crippen LogP contribution in [0.2, 0.25) is 0 Å². The molecule has 0 saturated heterocycles. The summed E-state index contributed by atoms with van der Waals surface area (Å²) in [4.78, 5) is 0. The summed E-state index contributed by atoms with van der Waals surface area (Å²) in [5.74, 6) is 1.83. The summed E-state index contributed by atoms with van der Waals surface area (Å²) in [6.45, 7) is 12.4.